The third-order valence-electron chi connectivity index (χ3n) is 4.55. The van der Waals surface area contributed by atoms with Crippen molar-refractivity contribution in [1.29, 1.82) is 0 Å². The van der Waals surface area contributed by atoms with Crippen LogP contribution in [0.4, 0.5) is 0 Å². The Hall–Kier alpha value is -1.19. The van der Waals surface area contributed by atoms with Gasteiger partial charge in [-0.2, -0.15) is 0 Å². The first-order chi connectivity index (χ1) is 10.3. The van der Waals surface area contributed by atoms with Crippen LogP contribution < -0.4 is 5.32 Å². The Morgan fingerprint density at radius 1 is 1.14 bits per heavy atom. The van der Waals surface area contributed by atoms with E-state index in [1.165, 1.54) is 29.2 Å². The van der Waals surface area contributed by atoms with Crippen LogP contribution in [0.2, 0.25) is 0 Å². The Labute approximate surface area is 129 Å². The molecule has 1 aliphatic rings. The van der Waals surface area contributed by atoms with Crippen LogP contribution in [0.3, 0.4) is 0 Å². The second-order valence-electron chi connectivity index (χ2n) is 5.86. The summed E-state index contributed by atoms with van der Waals surface area (Å²) in [5.41, 5.74) is 1.27. The molecule has 21 heavy (non-hydrogen) atoms. The molecule has 1 N–H and O–H groups in total. The fourth-order valence-corrected chi connectivity index (χ4v) is 5.14. The molecule has 0 aromatic heterocycles. The summed E-state index contributed by atoms with van der Waals surface area (Å²) in [6.07, 6.45) is 4.76. The zero-order chi connectivity index (χ0) is 14.7. The molecule has 112 valence electrons. The first-order valence-corrected chi connectivity index (χ1v) is 9.20. The fraction of sp³-hybridized carbons (Fsp3) is 0.444. The highest BCUT2D eigenvalue weighted by atomic mass is 32.2. The predicted octanol–water partition coefficient (Wildman–Crippen LogP) is 3.79. The topological polar surface area (TPSA) is 29.1 Å². The zero-order valence-corrected chi connectivity index (χ0v) is 13.4. The lowest BCUT2D eigenvalue weighted by atomic mass is 10.00. The zero-order valence-electron chi connectivity index (χ0n) is 12.5. The van der Waals surface area contributed by atoms with Crippen molar-refractivity contribution >= 4 is 21.6 Å². The van der Waals surface area contributed by atoms with E-state index in [0.717, 1.165) is 18.6 Å². The van der Waals surface area contributed by atoms with Crippen LogP contribution in [0.5, 0.6) is 0 Å². The molecule has 3 rings (SSSR count). The quantitative estimate of drug-likeness (QED) is 0.910. The number of hydrogen-bond donors (Lipinski definition) is 1. The molecule has 0 spiro atoms. The monoisotopic (exact) mass is 301 g/mol. The van der Waals surface area contributed by atoms with E-state index in [2.05, 4.69) is 47.8 Å². The minimum atomic E-state index is -0.731. The van der Waals surface area contributed by atoms with Gasteiger partial charge in [-0.15, -0.1) is 0 Å². The van der Waals surface area contributed by atoms with Gasteiger partial charge in [0.2, 0.25) is 0 Å². The first kappa shape index (κ1) is 14.7. The third-order valence-corrected chi connectivity index (χ3v) is 6.43. The predicted molar refractivity (Wildman–Crippen MR) is 91.0 cm³/mol. The van der Waals surface area contributed by atoms with E-state index in [9.17, 15) is 4.21 Å². The molecule has 0 amide bonds. The van der Waals surface area contributed by atoms with Crippen molar-refractivity contribution in [3.05, 3.63) is 48.0 Å². The van der Waals surface area contributed by atoms with Gasteiger partial charge in [0, 0.05) is 27.8 Å². The van der Waals surface area contributed by atoms with Gasteiger partial charge in [-0.05, 0) is 36.2 Å². The smallest absolute Gasteiger partial charge is 0.0440 e. The summed E-state index contributed by atoms with van der Waals surface area (Å²) in [6, 6.07) is 15.0. The van der Waals surface area contributed by atoms with Gasteiger partial charge in [-0.3, -0.25) is 4.21 Å². The lowest BCUT2D eigenvalue weighted by Crippen LogP contribution is -2.26. The van der Waals surface area contributed by atoms with Crippen molar-refractivity contribution in [1.82, 2.24) is 5.32 Å². The van der Waals surface area contributed by atoms with Crippen molar-refractivity contribution in [3.8, 4) is 0 Å². The molecule has 1 fully saturated rings. The fourth-order valence-electron chi connectivity index (χ4n) is 3.33. The van der Waals surface area contributed by atoms with E-state index in [4.69, 9.17) is 0 Å². The minimum Gasteiger partial charge on any atom is -0.312 e. The Kier molecular flexibility index (Phi) is 4.71. The maximum Gasteiger partial charge on any atom is 0.0440 e. The maximum atomic E-state index is 12.6. The van der Waals surface area contributed by atoms with Crippen LogP contribution in [0.1, 0.15) is 37.3 Å². The highest BCUT2D eigenvalue weighted by Gasteiger charge is 2.24. The maximum absolute atomic E-state index is 12.6. The summed E-state index contributed by atoms with van der Waals surface area (Å²) < 4.78 is 12.6. The lowest BCUT2D eigenvalue weighted by Gasteiger charge is -2.20. The van der Waals surface area contributed by atoms with Gasteiger partial charge in [0.25, 0.3) is 0 Å². The van der Waals surface area contributed by atoms with Crippen LogP contribution in [-0.4, -0.2) is 22.3 Å². The molecule has 3 heteroatoms. The average Bonchev–Trinajstić information content (AvgIpc) is 3.06. The standard InChI is InChI=1S/C18H23NOS/c1-19-18(13-21(20)15-9-3-4-10-15)17-12-6-8-14-7-2-5-11-16(14)17/h2,5-8,11-12,15,18-19H,3-4,9-10,13H2,1H3. The molecule has 2 aromatic rings. The van der Waals surface area contributed by atoms with E-state index in [-0.39, 0.29) is 6.04 Å². The second-order valence-corrected chi connectivity index (χ2v) is 7.62. The molecule has 1 aliphatic carbocycles. The number of benzene rings is 2. The number of rotatable bonds is 5. The Morgan fingerprint density at radius 2 is 1.86 bits per heavy atom. The van der Waals surface area contributed by atoms with Crippen LogP contribution in [0.15, 0.2) is 42.5 Å². The summed E-state index contributed by atoms with van der Waals surface area (Å²) in [5, 5.41) is 6.30. The molecule has 0 heterocycles. The summed E-state index contributed by atoms with van der Waals surface area (Å²) in [5.74, 6) is 0.717. The summed E-state index contributed by atoms with van der Waals surface area (Å²) in [4.78, 5) is 0. The summed E-state index contributed by atoms with van der Waals surface area (Å²) >= 11 is 0. The Bertz CT molecular complexity index is 629. The Morgan fingerprint density at radius 3 is 2.62 bits per heavy atom. The summed E-state index contributed by atoms with van der Waals surface area (Å²) in [6.45, 7) is 0. The SMILES string of the molecule is CNC(CS(=O)C1CCCC1)c1cccc2ccccc12. The van der Waals surface area contributed by atoms with Gasteiger partial charge in [-0.1, -0.05) is 55.3 Å². The van der Waals surface area contributed by atoms with E-state index >= 15 is 0 Å². The summed E-state index contributed by atoms with van der Waals surface area (Å²) in [7, 11) is 1.24. The molecule has 0 bridgehead atoms. The lowest BCUT2D eigenvalue weighted by molar-refractivity contribution is 0.629. The molecule has 2 aromatic carbocycles. The van der Waals surface area contributed by atoms with Gasteiger partial charge in [0.05, 0.1) is 0 Å². The van der Waals surface area contributed by atoms with Gasteiger partial charge in [0.15, 0.2) is 0 Å². The second kappa shape index (κ2) is 6.71. The minimum absolute atomic E-state index is 0.164. The molecule has 2 unspecified atom stereocenters. The van der Waals surface area contributed by atoms with Gasteiger partial charge < -0.3 is 5.32 Å². The van der Waals surface area contributed by atoms with E-state index in [0.29, 0.717) is 5.25 Å². The molecule has 0 radical (unpaired) electrons. The molecule has 1 saturated carbocycles. The van der Waals surface area contributed by atoms with E-state index in [1.54, 1.807) is 0 Å². The van der Waals surface area contributed by atoms with Crippen molar-refractivity contribution < 1.29 is 4.21 Å². The Balaban J connectivity index is 1.86. The largest absolute Gasteiger partial charge is 0.312 e. The normalized spacial score (nSPS) is 18.9. The highest BCUT2D eigenvalue weighted by Crippen LogP contribution is 2.28. The van der Waals surface area contributed by atoms with Crippen molar-refractivity contribution in [2.24, 2.45) is 0 Å². The number of nitrogens with one attached hydrogen (secondary N) is 1. The molecular weight excluding hydrogens is 278 g/mol. The van der Waals surface area contributed by atoms with E-state index in [1.807, 2.05) is 7.05 Å². The third kappa shape index (κ3) is 3.19. The van der Waals surface area contributed by atoms with E-state index < -0.39 is 10.8 Å². The molecule has 2 nitrogen and oxygen atoms in total. The van der Waals surface area contributed by atoms with Crippen LogP contribution >= 0.6 is 0 Å². The molecule has 2 atom stereocenters. The van der Waals surface area contributed by atoms with Gasteiger partial charge in [-0.25, -0.2) is 0 Å². The van der Waals surface area contributed by atoms with Crippen molar-refractivity contribution in [2.45, 2.75) is 37.0 Å². The first-order valence-electron chi connectivity index (χ1n) is 7.81. The molecule has 0 saturated heterocycles. The van der Waals surface area contributed by atoms with Gasteiger partial charge in [0.1, 0.15) is 0 Å². The van der Waals surface area contributed by atoms with Crippen molar-refractivity contribution in [3.63, 3.8) is 0 Å². The van der Waals surface area contributed by atoms with Crippen LogP contribution in [0.25, 0.3) is 10.8 Å². The van der Waals surface area contributed by atoms with Crippen LogP contribution in [0, 0.1) is 0 Å². The number of hydrogen-bond acceptors (Lipinski definition) is 2. The number of fused-ring (bicyclic) bond motifs is 1. The highest BCUT2D eigenvalue weighted by molar-refractivity contribution is 7.85. The van der Waals surface area contributed by atoms with Crippen molar-refractivity contribution in [2.75, 3.05) is 12.8 Å². The average molecular weight is 301 g/mol. The van der Waals surface area contributed by atoms with Crippen LogP contribution in [-0.2, 0) is 10.8 Å². The molecular formula is C18H23NOS. The molecule has 0 aliphatic heterocycles. The van der Waals surface area contributed by atoms with Gasteiger partial charge >= 0.3 is 0 Å².